The molecule has 0 spiro atoms. The van der Waals surface area contributed by atoms with Gasteiger partial charge in [-0.25, -0.2) is 19.6 Å². The van der Waals surface area contributed by atoms with Crippen LogP contribution in [-0.4, -0.2) is 103 Å². The van der Waals surface area contributed by atoms with Gasteiger partial charge in [0.1, 0.15) is 31.9 Å². The van der Waals surface area contributed by atoms with Crippen molar-refractivity contribution < 1.29 is 37.8 Å². The second-order valence-electron chi connectivity index (χ2n) is 24.2. The number of carbonyl (C=O) groups excluding carboxylic acids is 2. The minimum absolute atomic E-state index is 0.326. The highest BCUT2D eigenvalue weighted by molar-refractivity contribution is 9.13. The Balaban J connectivity index is 0.000000180. The summed E-state index contributed by atoms with van der Waals surface area (Å²) >= 11 is 17.5. The number of nitrogens with one attached hydrogen (secondary N) is 2. The highest BCUT2D eigenvalue weighted by atomic mass is 79.9. The molecule has 0 bridgehead atoms. The number of carbonyl (C=O) groups is 2. The fourth-order valence-electron chi connectivity index (χ4n) is 10.2. The first kappa shape index (κ1) is 63.2. The zero-order valence-corrected chi connectivity index (χ0v) is 57.4. The largest absolute Gasteiger partial charge is 0.512 e. The van der Waals surface area contributed by atoms with Crippen LogP contribution in [0.5, 0.6) is 0 Å². The van der Waals surface area contributed by atoms with Gasteiger partial charge in [-0.2, -0.15) is 0 Å². The number of halogens is 5. The molecule has 2 N–H and O–H groups in total. The van der Waals surface area contributed by atoms with Crippen molar-refractivity contribution in [2.75, 3.05) is 27.4 Å². The smallest absolute Gasteiger partial charge is 0.465 e. The molecule has 0 amide bonds. The maximum atomic E-state index is 12.2. The maximum Gasteiger partial charge on any atom is 0.512 e. The summed E-state index contributed by atoms with van der Waals surface area (Å²) in [7, 11) is 0.216. The molecule has 9 rings (SSSR count). The van der Waals surface area contributed by atoms with E-state index in [4.69, 9.17) is 33.2 Å². The third-order valence-corrected chi connectivity index (χ3v) is 23.2. The van der Waals surface area contributed by atoms with E-state index in [1.807, 2.05) is 41.0 Å². The average molecular weight is 1430 g/mol. The van der Waals surface area contributed by atoms with Gasteiger partial charge in [-0.15, -0.1) is 0 Å². The number of hydrogen-bond donors (Lipinski definition) is 2. The molecule has 0 unspecified atom stereocenters. The van der Waals surface area contributed by atoms with E-state index in [1.54, 1.807) is 0 Å². The van der Waals surface area contributed by atoms with Gasteiger partial charge < -0.3 is 38.2 Å². The van der Waals surface area contributed by atoms with Crippen LogP contribution in [0.25, 0.3) is 33.3 Å². The Kier molecular flexibility index (Phi) is 21.8. The molecule has 5 heterocycles. The number of rotatable bonds is 16. The van der Waals surface area contributed by atoms with Gasteiger partial charge in [0, 0.05) is 56.8 Å². The van der Waals surface area contributed by atoms with E-state index in [0.29, 0.717) is 36.4 Å². The van der Waals surface area contributed by atoms with Crippen molar-refractivity contribution in [2.24, 2.45) is 0 Å². The lowest BCUT2D eigenvalue weighted by atomic mass is 9.74. The van der Waals surface area contributed by atoms with Crippen LogP contribution in [0, 0.1) is 0 Å². The van der Waals surface area contributed by atoms with E-state index in [2.05, 4.69) is 166 Å². The van der Waals surface area contributed by atoms with Crippen molar-refractivity contribution in [3.05, 3.63) is 81.8 Å². The Morgan fingerprint density at radius 1 is 0.641 bits per heavy atom. The third-order valence-electron chi connectivity index (χ3n) is 15.4. The second kappa shape index (κ2) is 26.9. The van der Waals surface area contributed by atoms with Crippen LogP contribution in [0.1, 0.15) is 136 Å². The highest BCUT2D eigenvalue weighted by Gasteiger charge is 2.53. The first-order chi connectivity index (χ1) is 36.7. The molecule has 14 nitrogen and oxygen atoms in total. The number of aromatic nitrogens is 6. The molecule has 3 aliphatic rings. The molecular weight excluding hydrogens is 1350 g/mol. The van der Waals surface area contributed by atoms with E-state index in [-0.39, 0.29) is 11.9 Å². The molecule has 0 atom stereocenters. The molecule has 0 radical (unpaired) electrons. The van der Waals surface area contributed by atoms with Crippen LogP contribution in [0.3, 0.4) is 0 Å². The summed E-state index contributed by atoms with van der Waals surface area (Å²) in [5.41, 5.74) is 6.76. The molecule has 426 valence electrons. The lowest BCUT2D eigenvalue weighted by Gasteiger charge is -2.32. The number of esters is 2. The monoisotopic (exact) mass is 1420 g/mol. The topological polar surface area (TPSA) is 157 Å². The highest BCUT2D eigenvalue weighted by Crippen LogP contribution is 2.44. The number of fused-ring (bicyclic) bond motifs is 2. The Hall–Kier alpha value is -2.38. The zero-order chi connectivity index (χ0) is 56.9. The number of hydrogen-bond acceptors (Lipinski definition) is 10. The minimum Gasteiger partial charge on any atom is -0.465 e. The van der Waals surface area contributed by atoms with E-state index >= 15 is 0 Å². The summed E-state index contributed by atoms with van der Waals surface area (Å²) in [5.74, 6) is 1.12. The summed E-state index contributed by atoms with van der Waals surface area (Å²) in [6.07, 6.45) is 12.2. The standard InChI is InChI=1S/C25H33Br2N3O3Si.C22H30BNO4.C9H15Br3N2OSi/c1-32-25(31)17-10-11-18-19(14-17)28-21(20(18)16-8-6-5-7-9-16)24-29-22(26)23(27)30(24)15-33-12-13-34(2,3)4;1-21(2)22(3,4)28-23(27-21)19-18(14-9-7-6-8-10-14)16-12-11-15(20(25)26-5)13-17(16)24-19;1-16(2,3)5-4-15-6-14-8(11)7(10)13-9(14)12/h10-11,14,16,28H,5-9,12-13,15H2,1-4H3;11-14,24H,6-10H2,1-5H3;4-6H2,1-3H3. The molecule has 2 saturated carbocycles. The van der Waals surface area contributed by atoms with Gasteiger partial charge in [0.05, 0.1) is 42.2 Å². The molecule has 1 saturated heterocycles. The molecule has 4 aromatic heterocycles. The first-order valence-corrected chi connectivity index (χ1v) is 38.6. The SMILES string of the molecule is COC(=O)c1ccc2c(C3CCCCC3)c(-c3nc(Br)c(Br)n3COCC[Si](C)(C)C)[nH]c2c1.COC(=O)c1ccc2c(C3CCCCC3)c(B3OC(C)(C)C(C)(C)O3)[nH]c2c1.C[Si](C)(C)CCOCn1c(Br)nc(Br)c1Br. The molecule has 22 heteroatoms. The Morgan fingerprint density at radius 2 is 1.08 bits per heavy atom. The number of benzene rings is 2. The molecule has 1 aliphatic heterocycles. The Labute approximate surface area is 505 Å². The summed E-state index contributed by atoms with van der Waals surface area (Å²) in [5, 5.41) is 2.31. The normalized spacial score (nSPS) is 17.0. The van der Waals surface area contributed by atoms with E-state index in [1.165, 1.54) is 82.8 Å². The van der Waals surface area contributed by atoms with Gasteiger partial charge in [-0.1, -0.05) is 89.9 Å². The van der Waals surface area contributed by atoms with Gasteiger partial charge in [0.2, 0.25) is 0 Å². The van der Waals surface area contributed by atoms with Crippen molar-refractivity contribution in [3.8, 4) is 11.5 Å². The van der Waals surface area contributed by atoms with Crippen LogP contribution in [0.2, 0.25) is 51.4 Å². The molecular formula is C56H78BBr5N6O8Si2. The molecule has 78 heavy (non-hydrogen) atoms. The predicted molar refractivity (Wildman–Crippen MR) is 337 cm³/mol. The average Bonchev–Trinajstić information content (AvgIpc) is 4.23. The van der Waals surface area contributed by atoms with Crippen molar-refractivity contribution in [1.29, 1.82) is 0 Å². The number of aromatic amines is 2. The fraction of sp³-hybridized carbons (Fsp3) is 0.571. The third kappa shape index (κ3) is 15.4. The van der Waals surface area contributed by atoms with E-state index in [0.717, 1.165) is 94.2 Å². The van der Waals surface area contributed by atoms with Crippen molar-refractivity contribution in [1.82, 2.24) is 29.1 Å². The van der Waals surface area contributed by atoms with Crippen LogP contribution in [0.15, 0.2) is 59.5 Å². The van der Waals surface area contributed by atoms with Gasteiger partial charge in [-0.05, 0) is 192 Å². The van der Waals surface area contributed by atoms with Crippen molar-refractivity contribution in [2.45, 2.75) is 180 Å². The predicted octanol–water partition coefficient (Wildman–Crippen LogP) is 16.5. The minimum atomic E-state index is -1.17. The van der Waals surface area contributed by atoms with Crippen LogP contribution >= 0.6 is 79.6 Å². The Morgan fingerprint density at radius 3 is 1.54 bits per heavy atom. The molecule has 3 fully saturated rings. The molecule has 6 aromatic rings. The quantitative estimate of drug-likeness (QED) is 0.0543. The van der Waals surface area contributed by atoms with Crippen LogP contribution in [0.4, 0.5) is 0 Å². The van der Waals surface area contributed by atoms with Crippen LogP contribution in [-0.2, 0) is 41.7 Å². The van der Waals surface area contributed by atoms with Gasteiger partial charge in [-0.3, -0.25) is 9.13 Å². The lowest BCUT2D eigenvalue weighted by Crippen LogP contribution is -2.41. The van der Waals surface area contributed by atoms with Crippen molar-refractivity contribution in [3.63, 3.8) is 0 Å². The van der Waals surface area contributed by atoms with Gasteiger partial charge in [0.25, 0.3) is 0 Å². The zero-order valence-electron chi connectivity index (χ0n) is 47.5. The number of methoxy groups -OCH3 is 2. The van der Waals surface area contributed by atoms with Crippen molar-refractivity contribution >= 4 is 142 Å². The Bertz CT molecular complexity index is 3030. The second-order valence-corrected chi connectivity index (χ2v) is 39.1. The van der Waals surface area contributed by atoms with Crippen LogP contribution < -0.4 is 5.59 Å². The number of imidazole rings is 2. The summed E-state index contributed by atoms with van der Waals surface area (Å²) in [4.78, 5) is 40.4. The first-order valence-electron chi connectivity index (χ1n) is 27.2. The summed E-state index contributed by atoms with van der Waals surface area (Å²) in [6.45, 7) is 24.9. The maximum absolute atomic E-state index is 12.2. The van der Waals surface area contributed by atoms with Gasteiger partial charge in [0.15, 0.2) is 10.6 Å². The lowest BCUT2D eigenvalue weighted by molar-refractivity contribution is 0.00578. The number of ether oxygens (including phenoxy) is 4. The summed E-state index contributed by atoms with van der Waals surface area (Å²) < 4.78 is 42.4. The summed E-state index contributed by atoms with van der Waals surface area (Å²) in [6, 6.07) is 13.9. The number of H-pyrrole nitrogens is 2. The number of nitrogens with zero attached hydrogens (tertiary/aromatic N) is 4. The van der Waals surface area contributed by atoms with E-state index < -0.39 is 34.5 Å². The molecule has 2 aliphatic carbocycles. The fourth-order valence-corrected chi connectivity index (χ4v) is 14.1. The molecule has 2 aromatic carbocycles. The van der Waals surface area contributed by atoms with E-state index in [9.17, 15) is 9.59 Å². The van der Waals surface area contributed by atoms with Gasteiger partial charge >= 0.3 is 19.1 Å².